The number of aromatic nitrogens is 1. The fraction of sp³-hybridized carbons (Fsp3) is 0.333. The Kier molecular flexibility index (Phi) is 7.98. The van der Waals surface area contributed by atoms with Crippen molar-refractivity contribution in [3.63, 3.8) is 0 Å². The number of benzene rings is 1. The van der Waals surface area contributed by atoms with E-state index in [0.717, 1.165) is 18.2 Å². The van der Waals surface area contributed by atoms with Crippen LogP contribution in [0.5, 0.6) is 5.88 Å². The van der Waals surface area contributed by atoms with Gasteiger partial charge in [0.05, 0.1) is 24.0 Å². The fourth-order valence-corrected chi connectivity index (χ4v) is 2.33. The van der Waals surface area contributed by atoms with Gasteiger partial charge in [-0.05, 0) is 44.0 Å². The lowest BCUT2D eigenvalue weighted by Crippen LogP contribution is -2.43. The number of anilines is 1. The van der Waals surface area contributed by atoms with Crippen molar-refractivity contribution in [3.05, 3.63) is 53.7 Å². The third-order valence-electron chi connectivity index (χ3n) is 3.49. The van der Waals surface area contributed by atoms with Crippen molar-refractivity contribution in [2.24, 2.45) is 5.73 Å². The topological polar surface area (TPSA) is 68.5 Å². The normalized spacial score (nSPS) is 11.7. The zero-order chi connectivity index (χ0) is 18.6. The molecule has 0 aliphatic carbocycles. The lowest BCUT2D eigenvalue weighted by molar-refractivity contribution is -0.119. The lowest BCUT2D eigenvalue weighted by atomic mass is 10.1. The Morgan fingerprint density at radius 3 is 2.35 bits per heavy atom. The zero-order valence-electron chi connectivity index (χ0n) is 14.9. The molecular weight excluding hydrogens is 360 g/mol. The minimum Gasteiger partial charge on any atom is -0.475 e. The summed E-state index contributed by atoms with van der Waals surface area (Å²) >= 11 is 0. The van der Waals surface area contributed by atoms with E-state index in [-0.39, 0.29) is 31.9 Å². The monoisotopic (exact) mass is 383 g/mol. The molecule has 5 nitrogen and oxygen atoms in total. The average molecular weight is 383 g/mol. The highest BCUT2D eigenvalue weighted by molar-refractivity contribution is 7.59. The molecule has 1 amide bonds. The van der Waals surface area contributed by atoms with E-state index in [1.807, 2.05) is 13.8 Å². The van der Waals surface area contributed by atoms with Gasteiger partial charge >= 0.3 is 0 Å². The van der Waals surface area contributed by atoms with Crippen molar-refractivity contribution in [1.29, 1.82) is 0 Å². The number of pyridine rings is 1. The Morgan fingerprint density at radius 1 is 1.23 bits per heavy atom. The molecule has 0 saturated carbocycles. The number of amides is 1. The molecule has 2 aromatic rings. The van der Waals surface area contributed by atoms with E-state index in [0.29, 0.717) is 17.1 Å². The minimum atomic E-state index is -0.933. The lowest BCUT2D eigenvalue weighted by Gasteiger charge is -2.21. The van der Waals surface area contributed by atoms with Crippen molar-refractivity contribution >= 4 is 25.1 Å². The maximum Gasteiger partial charge on any atom is 0.244 e. The number of nitrogens with zero attached hydrogens (tertiary/aromatic N) is 2. The number of likely N-dealkylation sites (N-methyl/N-ethyl adjacent to an activating group) is 1. The van der Waals surface area contributed by atoms with Crippen molar-refractivity contribution in [2.75, 3.05) is 11.9 Å². The van der Waals surface area contributed by atoms with E-state index in [4.69, 9.17) is 10.5 Å². The Labute approximate surface area is 158 Å². The van der Waals surface area contributed by atoms with Gasteiger partial charge in [0.2, 0.25) is 11.8 Å². The Morgan fingerprint density at radius 2 is 1.85 bits per heavy atom. The molecule has 8 heteroatoms. The second-order valence-electron chi connectivity index (χ2n) is 6.01. The molecule has 0 fully saturated rings. The van der Waals surface area contributed by atoms with Gasteiger partial charge in [-0.1, -0.05) is 0 Å². The van der Waals surface area contributed by atoms with E-state index in [1.54, 1.807) is 19.2 Å². The summed E-state index contributed by atoms with van der Waals surface area (Å²) in [5, 5.41) is 0. The van der Waals surface area contributed by atoms with Crippen LogP contribution in [0.25, 0.3) is 0 Å². The molecule has 1 aromatic heterocycles. The highest BCUT2D eigenvalue weighted by atomic mass is 32.1. The highest BCUT2D eigenvalue weighted by Gasteiger charge is 2.20. The van der Waals surface area contributed by atoms with Gasteiger partial charge in [0.15, 0.2) is 0 Å². The average Bonchev–Trinajstić information content (AvgIpc) is 2.52. The molecule has 0 spiro atoms. The van der Waals surface area contributed by atoms with Crippen LogP contribution in [-0.2, 0) is 11.2 Å². The second-order valence-corrected chi connectivity index (χ2v) is 6.01. The molecule has 1 heterocycles. The molecular formula is C18H23F2N3O2S. The van der Waals surface area contributed by atoms with Crippen molar-refractivity contribution in [3.8, 4) is 5.88 Å². The van der Waals surface area contributed by atoms with E-state index in [9.17, 15) is 13.6 Å². The molecule has 0 unspecified atom stereocenters. The maximum atomic E-state index is 13.2. The van der Waals surface area contributed by atoms with Gasteiger partial charge in [-0.15, -0.1) is 0 Å². The molecule has 0 saturated heterocycles. The first-order valence-corrected chi connectivity index (χ1v) is 7.87. The molecule has 0 aliphatic heterocycles. The van der Waals surface area contributed by atoms with Crippen molar-refractivity contribution in [1.82, 2.24) is 4.98 Å². The van der Waals surface area contributed by atoms with Crippen LogP contribution in [0.4, 0.5) is 14.5 Å². The standard InChI is InChI=1S/C18H21F2N3O2.H2S/c1-11(2)25-17-5-4-15(10-22-17)23(3)18(24)16(21)8-12-6-13(19)9-14(20)7-12;/h4-7,9-11,16H,8,21H2,1-3H3;1H2/t16-;/m0./s1. The molecule has 142 valence electrons. The second kappa shape index (κ2) is 9.49. The summed E-state index contributed by atoms with van der Waals surface area (Å²) in [6, 6.07) is 5.52. The number of carbonyl (C=O) groups is 1. The number of ether oxygens (including phenoxy) is 1. The van der Waals surface area contributed by atoms with Crippen LogP contribution in [0.2, 0.25) is 0 Å². The van der Waals surface area contributed by atoms with Gasteiger partial charge in [-0.25, -0.2) is 13.8 Å². The quantitative estimate of drug-likeness (QED) is 0.833. The molecule has 26 heavy (non-hydrogen) atoms. The largest absolute Gasteiger partial charge is 0.475 e. The molecule has 0 aliphatic rings. The van der Waals surface area contributed by atoms with Crippen LogP contribution in [0.15, 0.2) is 36.5 Å². The first-order chi connectivity index (χ1) is 11.8. The first-order valence-electron chi connectivity index (χ1n) is 7.87. The number of hydrogen-bond donors (Lipinski definition) is 1. The predicted molar refractivity (Wildman–Crippen MR) is 102 cm³/mol. The highest BCUT2D eigenvalue weighted by Crippen LogP contribution is 2.17. The van der Waals surface area contributed by atoms with Gasteiger partial charge in [-0.3, -0.25) is 4.79 Å². The summed E-state index contributed by atoms with van der Waals surface area (Å²) in [7, 11) is 1.56. The van der Waals surface area contributed by atoms with Crippen molar-refractivity contribution in [2.45, 2.75) is 32.4 Å². The third kappa shape index (κ3) is 5.96. The smallest absolute Gasteiger partial charge is 0.244 e. The summed E-state index contributed by atoms with van der Waals surface area (Å²) in [5.41, 5.74) is 6.77. The molecule has 2 rings (SSSR count). The summed E-state index contributed by atoms with van der Waals surface area (Å²) in [6.45, 7) is 3.78. The first kappa shape index (κ1) is 21.9. The Hall–Kier alpha value is -2.19. The fourth-order valence-electron chi connectivity index (χ4n) is 2.33. The summed E-state index contributed by atoms with van der Waals surface area (Å²) in [6.07, 6.45) is 1.53. The SMILES string of the molecule is CC(C)Oc1ccc(N(C)C(=O)[C@@H](N)Cc2cc(F)cc(F)c2)cn1.S. The van der Waals surface area contributed by atoms with Crippen molar-refractivity contribution < 1.29 is 18.3 Å². The predicted octanol–water partition coefficient (Wildman–Crippen LogP) is 2.79. The number of nitrogens with two attached hydrogens (primary N) is 1. The summed E-state index contributed by atoms with van der Waals surface area (Å²) in [5.74, 6) is -1.33. The van der Waals surface area contributed by atoms with Gasteiger partial charge in [0.25, 0.3) is 0 Å². The van der Waals surface area contributed by atoms with E-state index in [1.165, 1.54) is 11.1 Å². The Balaban J connectivity index is 0.00000338. The zero-order valence-corrected chi connectivity index (χ0v) is 15.9. The number of halogens is 2. The molecule has 0 radical (unpaired) electrons. The van der Waals surface area contributed by atoms with Gasteiger partial charge in [-0.2, -0.15) is 13.5 Å². The van der Waals surface area contributed by atoms with Gasteiger partial charge in [0, 0.05) is 19.2 Å². The van der Waals surface area contributed by atoms with Crippen LogP contribution in [0.3, 0.4) is 0 Å². The van der Waals surface area contributed by atoms with Crippen LogP contribution in [0, 0.1) is 11.6 Å². The van der Waals surface area contributed by atoms with E-state index >= 15 is 0 Å². The summed E-state index contributed by atoms with van der Waals surface area (Å²) in [4.78, 5) is 17.9. The third-order valence-corrected chi connectivity index (χ3v) is 3.49. The Bertz CT molecular complexity index is 721. The van der Waals surface area contributed by atoms with Crippen LogP contribution in [-0.4, -0.2) is 30.1 Å². The number of carbonyl (C=O) groups excluding carboxylic acids is 1. The maximum absolute atomic E-state index is 13.2. The minimum absolute atomic E-state index is 0. The molecule has 2 N–H and O–H groups in total. The molecule has 0 bridgehead atoms. The number of rotatable bonds is 6. The van der Waals surface area contributed by atoms with Gasteiger partial charge in [0.1, 0.15) is 11.6 Å². The summed E-state index contributed by atoms with van der Waals surface area (Å²) < 4.78 is 31.9. The van der Waals surface area contributed by atoms with E-state index < -0.39 is 17.7 Å². The van der Waals surface area contributed by atoms with Crippen LogP contribution in [0.1, 0.15) is 19.4 Å². The van der Waals surface area contributed by atoms with E-state index in [2.05, 4.69) is 4.98 Å². The van der Waals surface area contributed by atoms with Crippen LogP contribution >= 0.6 is 13.5 Å². The molecule has 1 aromatic carbocycles. The van der Waals surface area contributed by atoms with Gasteiger partial charge < -0.3 is 15.4 Å². The van der Waals surface area contributed by atoms with Crippen LogP contribution < -0.4 is 15.4 Å². The molecule has 1 atom stereocenters. The number of hydrogen-bond acceptors (Lipinski definition) is 4.